The molecule has 0 aliphatic carbocycles. The zero-order chi connectivity index (χ0) is 5.86. The van der Waals surface area contributed by atoms with E-state index in [-0.39, 0.29) is 0 Å². The van der Waals surface area contributed by atoms with Crippen LogP contribution in [-0.2, 0) is 20.9 Å². The smallest absolute Gasteiger partial charge is 0.0133 e. The van der Waals surface area contributed by atoms with Crippen molar-refractivity contribution in [2.24, 2.45) is 5.92 Å². The van der Waals surface area contributed by atoms with Crippen LogP contribution in [0.1, 0.15) is 13.8 Å². The van der Waals surface area contributed by atoms with E-state index in [0.717, 1.165) is 0 Å². The first-order valence-electron chi connectivity index (χ1n) is 2.18. The minimum Gasteiger partial charge on any atom is -0.794 e. The van der Waals surface area contributed by atoms with Crippen molar-refractivity contribution in [3.05, 3.63) is 0 Å². The average molecular weight is 137 g/mol. The normalized spacial score (nSPS) is 14.9. The molecule has 0 aromatic rings. The van der Waals surface area contributed by atoms with Gasteiger partial charge in [-0.05, 0) is 11.7 Å². The Morgan fingerprint density at radius 2 is 2.14 bits per heavy atom. The average Bonchev–Trinajstić information content (AvgIpc) is 1.27. The summed E-state index contributed by atoms with van der Waals surface area (Å²) in [7, 11) is -1.01. The second-order valence-corrected chi connectivity index (χ2v) is 3.92. The lowest BCUT2D eigenvalue weighted by Crippen LogP contribution is -2.00. The van der Waals surface area contributed by atoms with Crippen molar-refractivity contribution in [3.8, 4) is 0 Å². The summed E-state index contributed by atoms with van der Waals surface area (Å²) in [5.41, 5.74) is 0. The zero-order valence-corrected chi connectivity index (χ0v) is 6.14. The highest BCUT2D eigenvalue weighted by Gasteiger charge is 1.86. The number of hydrogen-bond acceptors (Lipinski definition) is 2. The predicted octanol–water partition coefficient (Wildman–Crippen LogP) is 0.853. The summed E-state index contributed by atoms with van der Waals surface area (Å²) in [6.45, 7) is 4.01. The first-order valence-corrected chi connectivity index (χ1v) is 4.43. The number of hydrogen-bond donors (Lipinski definition) is 0. The maximum Gasteiger partial charge on any atom is -0.0133 e. The fourth-order valence-corrected chi connectivity index (χ4v) is 1.63. The van der Waals surface area contributed by atoms with Gasteiger partial charge >= 0.3 is 0 Å². The van der Waals surface area contributed by atoms with E-state index in [1.54, 1.807) is 0 Å². The molecule has 1 unspecified atom stereocenters. The van der Waals surface area contributed by atoms with Crippen LogP contribution in [0.3, 0.4) is 0 Å². The van der Waals surface area contributed by atoms with Crippen molar-refractivity contribution in [2.45, 2.75) is 13.8 Å². The summed E-state index contributed by atoms with van der Waals surface area (Å²) in [6, 6.07) is 0. The van der Waals surface area contributed by atoms with Crippen molar-refractivity contribution in [1.29, 1.82) is 0 Å². The molecule has 0 spiro atoms. The molecular weight excluding hydrogens is 128 g/mol. The molecule has 0 radical (unpaired) electrons. The molecule has 1 atom stereocenters. The molecule has 0 aromatic heterocycles. The Kier molecular flexibility index (Phi) is 3.79. The van der Waals surface area contributed by atoms with Gasteiger partial charge in [-0.3, -0.25) is 0 Å². The summed E-state index contributed by atoms with van der Waals surface area (Å²) >= 11 is 4.43. The first kappa shape index (κ1) is 7.53. The van der Waals surface area contributed by atoms with E-state index in [9.17, 15) is 4.55 Å². The summed E-state index contributed by atoms with van der Waals surface area (Å²) in [4.78, 5) is 0. The van der Waals surface area contributed by atoms with E-state index in [4.69, 9.17) is 0 Å². The maximum atomic E-state index is 10.2. The molecule has 0 N–H and O–H groups in total. The lowest BCUT2D eigenvalue weighted by atomic mass is 10.3. The zero-order valence-electron chi connectivity index (χ0n) is 4.51. The largest absolute Gasteiger partial charge is 0.794 e. The highest BCUT2D eigenvalue weighted by Crippen LogP contribution is 1.91. The molecule has 7 heavy (non-hydrogen) atoms. The lowest BCUT2D eigenvalue weighted by Gasteiger charge is -2.09. The molecule has 0 amide bonds. The molecular formula is C4H9OS2-. The first-order chi connectivity index (χ1) is 3.13. The minimum atomic E-state index is -1.01. The second-order valence-electron chi connectivity index (χ2n) is 1.86. The molecule has 0 aliphatic heterocycles. The molecule has 0 heterocycles. The van der Waals surface area contributed by atoms with Crippen LogP contribution < -0.4 is 0 Å². The molecule has 3 heteroatoms. The van der Waals surface area contributed by atoms with Gasteiger partial charge in [-0.15, -0.1) is 0 Å². The maximum absolute atomic E-state index is 10.2. The summed E-state index contributed by atoms with van der Waals surface area (Å²) in [5.74, 6) is 1.12. The van der Waals surface area contributed by atoms with Crippen molar-refractivity contribution in [1.82, 2.24) is 0 Å². The standard InChI is InChI=1S/C4H10OS2/c1-4(2)3-7(5)6/h4H,3H2,1-2H3,(H,5,6)/p-1. The topological polar surface area (TPSA) is 23.1 Å². The van der Waals surface area contributed by atoms with Crippen molar-refractivity contribution in [2.75, 3.05) is 5.75 Å². The van der Waals surface area contributed by atoms with Crippen LogP contribution >= 0.6 is 0 Å². The molecule has 0 saturated heterocycles. The lowest BCUT2D eigenvalue weighted by molar-refractivity contribution is 0.598. The van der Waals surface area contributed by atoms with Crippen LogP contribution in [0.15, 0.2) is 0 Å². The third-order valence-corrected chi connectivity index (χ3v) is 1.82. The Labute approximate surface area is 51.5 Å². The Morgan fingerprint density at radius 3 is 2.14 bits per heavy atom. The fourth-order valence-electron chi connectivity index (χ4n) is 0.272. The van der Waals surface area contributed by atoms with Gasteiger partial charge in [0.2, 0.25) is 0 Å². The van der Waals surface area contributed by atoms with Crippen LogP contribution in [0.25, 0.3) is 0 Å². The highest BCUT2D eigenvalue weighted by molar-refractivity contribution is 8.25. The van der Waals surface area contributed by atoms with Gasteiger partial charge in [0.05, 0.1) is 0 Å². The molecule has 44 valence electrons. The van der Waals surface area contributed by atoms with E-state index in [0.29, 0.717) is 11.7 Å². The molecule has 0 saturated carbocycles. The monoisotopic (exact) mass is 137 g/mol. The summed E-state index contributed by atoms with van der Waals surface area (Å²) < 4.78 is 10.2. The van der Waals surface area contributed by atoms with Gasteiger partial charge in [0, 0.05) is 0 Å². The van der Waals surface area contributed by atoms with Crippen molar-refractivity contribution >= 4 is 20.9 Å². The van der Waals surface area contributed by atoms with Gasteiger partial charge < -0.3 is 4.55 Å². The van der Waals surface area contributed by atoms with Gasteiger partial charge in [-0.2, -0.15) is 0 Å². The quantitative estimate of drug-likeness (QED) is 0.563. The van der Waals surface area contributed by atoms with Crippen LogP contribution in [0.5, 0.6) is 0 Å². The Hall–Kier alpha value is 0.530. The molecule has 0 aliphatic rings. The predicted molar refractivity (Wildman–Crippen MR) is 35.2 cm³/mol. The molecule has 0 bridgehead atoms. The van der Waals surface area contributed by atoms with Gasteiger partial charge in [0.15, 0.2) is 0 Å². The summed E-state index contributed by atoms with van der Waals surface area (Å²) in [6.07, 6.45) is 0. The van der Waals surface area contributed by atoms with Gasteiger partial charge in [-0.1, -0.05) is 25.0 Å². The Bertz CT molecular complexity index is 70.1. The minimum absolute atomic E-state index is 0.471. The number of rotatable bonds is 2. The molecule has 0 fully saturated rings. The third kappa shape index (κ3) is 6.53. The summed E-state index contributed by atoms with van der Waals surface area (Å²) in [5, 5.41) is 0. The van der Waals surface area contributed by atoms with Crippen LogP contribution in [0, 0.1) is 5.92 Å². The fraction of sp³-hybridized carbons (Fsp3) is 1.00. The molecule has 1 nitrogen and oxygen atoms in total. The van der Waals surface area contributed by atoms with Crippen molar-refractivity contribution < 1.29 is 4.55 Å². The Morgan fingerprint density at radius 1 is 1.71 bits per heavy atom. The van der Waals surface area contributed by atoms with E-state index in [1.807, 2.05) is 13.8 Å². The van der Waals surface area contributed by atoms with E-state index in [2.05, 4.69) is 11.2 Å². The second kappa shape index (κ2) is 3.52. The van der Waals surface area contributed by atoms with Crippen LogP contribution in [0.2, 0.25) is 0 Å². The van der Waals surface area contributed by atoms with Gasteiger partial charge in [0.1, 0.15) is 0 Å². The van der Waals surface area contributed by atoms with Crippen molar-refractivity contribution in [3.63, 3.8) is 0 Å². The third-order valence-electron chi connectivity index (χ3n) is 0.469. The highest BCUT2D eigenvalue weighted by atomic mass is 32.8. The van der Waals surface area contributed by atoms with Crippen LogP contribution in [0.4, 0.5) is 0 Å². The molecule has 0 aromatic carbocycles. The Balaban J connectivity index is 3.13. The van der Waals surface area contributed by atoms with Crippen LogP contribution in [-0.4, -0.2) is 10.3 Å². The van der Waals surface area contributed by atoms with E-state index < -0.39 is 9.74 Å². The molecule has 0 rings (SSSR count). The van der Waals surface area contributed by atoms with Gasteiger partial charge in [-0.25, -0.2) is 9.74 Å². The van der Waals surface area contributed by atoms with Gasteiger partial charge in [0.25, 0.3) is 0 Å². The van der Waals surface area contributed by atoms with E-state index in [1.165, 1.54) is 0 Å². The SMILES string of the molecule is CC(C)CS([O-])=S. The van der Waals surface area contributed by atoms with E-state index >= 15 is 0 Å².